The Morgan fingerprint density at radius 2 is 0.919 bits per heavy atom. The highest BCUT2D eigenvalue weighted by Crippen LogP contribution is 2.15. The van der Waals surface area contributed by atoms with Gasteiger partial charge in [0, 0.05) is 25.3 Å². The number of aliphatic hydroxyl groups excluding tert-OH is 4. The smallest absolute Gasteiger partial charge is 0.335 e. The summed E-state index contributed by atoms with van der Waals surface area (Å²) in [6, 6.07) is -1.92. The van der Waals surface area contributed by atoms with E-state index in [0.29, 0.717) is 38.0 Å². The summed E-state index contributed by atoms with van der Waals surface area (Å²) < 4.78 is 5.64. The van der Waals surface area contributed by atoms with Crippen LogP contribution >= 0.6 is 0 Å². The minimum absolute atomic E-state index is 0.0645. The van der Waals surface area contributed by atoms with Crippen molar-refractivity contribution in [2.45, 2.75) is 140 Å². The minimum atomic E-state index is -1.74. The van der Waals surface area contributed by atoms with Crippen molar-refractivity contribution in [3.63, 3.8) is 0 Å². The average Bonchev–Trinajstić information content (AvgIpc) is 3.37. The monoisotopic (exact) mass is 1050 g/mol. The zero-order chi connectivity index (χ0) is 55.4. The van der Waals surface area contributed by atoms with Gasteiger partial charge in [-0.05, 0) is 63.3 Å². The summed E-state index contributed by atoms with van der Waals surface area (Å²) in [4.78, 5) is 135. The molecule has 0 fully saturated rings. The van der Waals surface area contributed by atoms with Gasteiger partial charge in [0.05, 0.1) is 51.7 Å². The normalized spacial score (nSPS) is 13.3. The van der Waals surface area contributed by atoms with E-state index in [-0.39, 0.29) is 36.7 Å². The largest absolute Gasteiger partial charge is 0.494 e. The molecular formula is C48H76N8O18. The summed E-state index contributed by atoms with van der Waals surface area (Å²) in [6.07, 6.45) is 9.19. The van der Waals surface area contributed by atoms with E-state index in [0.717, 1.165) is 51.4 Å². The molecule has 26 heteroatoms. The molecule has 14 N–H and O–H groups in total. The number of hydrogen-bond donors (Lipinski definition) is 14. The van der Waals surface area contributed by atoms with Crippen LogP contribution in [-0.4, -0.2) is 178 Å². The lowest BCUT2D eigenvalue weighted by Gasteiger charge is -2.22. The van der Waals surface area contributed by atoms with Crippen LogP contribution in [0.3, 0.4) is 0 Å². The zero-order valence-electron chi connectivity index (χ0n) is 42.1. The molecule has 0 saturated heterocycles. The Morgan fingerprint density at radius 1 is 0.473 bits per heavy atom. The maximum Gasteiger partial charge on any atom is 0.335 e. The van der Waals surface area contributed by atoms with Crippen LogP contribution in [0, 0.1) is 5.92 Å². The molecule has 0 bridgehead atoms. The maximum absolute atomic E-state index is 12.8. The minimum Gasteiger partial charge on any atom is -0.494 e. The number of amides is 8. The molecule has 0 aliphatic carbocycles. The Kier molecular flexibility index (Phi) is 33.4. The van der Waals surface area contributed by atoms with Crippen LogP contribution in [0.25, 0.3) is 0 Å². The van der Waals surface area contributed by atoms with Gasteiger partial charge in [-0.25, -0.2) is 9.59 Å². The van der Waals surface area contributed by atoms with Gasteiger partial charge in [-0.15, -0.1) is 0 Å². The second-order valence-electron chi connectivity index (χ2n) is 17.5. The average molecular weight is 1050 g/mol. The SMILES string of the molecule is CC(=O)[C@@H](C)CCCCNC(=O)CNC(=O)[C@H](CO)NC(=O)[C@H](CO)NC(=O)CNC(=O)[C@H](CO)NC(=O)[C@H](CO)NC(=O)CC[C@H](NC(=O)CCCCCCCCCCCOc1ccc(C(=O)O)cc1)C(=O)O. The van der Waals surface area contributed by atoms with Crippen LogP contribution in [0.15, 0.2) is 24.3 Å². The van der Waals surface area contributed by atoms with E-state index >= 15 is 0 Å². The molecule has 0 aliphatic rings. The molecule has 0 spiro atoms. The number of Topliss-reactive ketones (excluding diaryl/α,β-unsaturated/α-hetero) is 1. The van der Waals surface area contributed by atoms with Crippen LogP contribution in [0.4, 0.5) is 0 Å². The van der Waals surface area contributed by atoms with Gasteiger partial charge in [-0.3, -0.25) is 43.2 Å². The van der Waals surface area contributed by atoms with Gasteiger partial charge in [0.1, 0.15) is 41.7 Å². The van der Waals surface area contributed by atoms with Crippen molar-refractivity contribution in [3.05, 3.63) is 29.8 Å². The highest BCUT2D eigenvalue weighted by atomic mass is 16.5. The Balaban J connectivity index is 2.41. The molecule has 1 rings (SSSR count). The van der Waals surface area contributed by atoms with Gasteiger partial charge in [0.25, 0.3) is 0 Å². The van der Waals surface area contributed by atoms with Gasteiger partial charge in [0.2, 0.25) is 47.3 Å². The van der Waals surface area contributed by atoms with Crippen molar-refractivity contribution in [3.8, 4) is 5.75 Å². The topological polar surface area (TPSA) is 415 Å². The van der Waals surface area contributed by atoms with E-state index in [4.69, 9.17) is 9.84 Å². The van der Waals surface area contributed by atoms with E-state index in [1.54, 1.807) is 19.1 Å². The number of unbranched alkanes of at least 4 members (excludes halogenated alkanes) is 9. The third kappa shape index (κ3) is 28.5. The Bertz CT molecular complexity index is 1970. The van der Waals surface area contributed by atoms with E-state index in [1.807, 2.05) is 0 Å². The number of aliphatic carboxylic acids is 1. The van der Waals surface area contributed by atoms with E-state index in [2.05, 4.69) is 42.5 Å². The number of ketones is 1. The molecule has 0 aromatic heterocycles. The van der Waals surface area contributed by atoms with Crippen molar-refractivity contribution in [1.29, 1.82) is 0 Å². The first-order chi connectivity index (χ1) is 35.3. The van der Waals surface area contributed by atoms with Gasteiger partial charge < -0.3 is 77.9 Å². The summed E-state index contributed by atoms with van der Waals surface area (Å²) in [5.41, 5.74) is 0.195. The number of carbonyl (C=O) groups is 11. The molecule has 0 saturated carbocycles. The maximum atomic E-state index is 12.8. The van der Waals surface area contributed by atoms with Crippen molar-refractivity contribution >= 4 is 65.0 Å². The van der Waals surface area contributed by atoms with Crippen molar-refractivity contribution < 1.29 is 88.1 Å². The fraction of sp³-hybridized carbons (Fsp3) is 0.646. The number of aromatic carboxylic acids is 1. The number of benzene rings is 1. The lowest BCUT2D eigenvalue weighted by atomic mass is 10.0. The van der Waals surface area contributed by atoms with Gasteiger partial charge in [-0.1, -0.05) is 58.3 Å². The van der Waals surface area contributed by atoms with Crippen molar-refractivity contribution in [2.75, 3.05) is 52.7 Å². The van der Waals surface area contributed by atoms with E-state index in [1.165, 1.54) is 19.1 Å². The predicted octanol–water partition coefficient (Wildman–Crippen LogP) is -2.33. The molecule has 416 valence electrons. The van der Waals surface area contributed by atoms with Crippen LogP contribution in [0.1, 0.15) is 121 Å². The number of carboxylic acids is 2. The van der Waals surface area contributed by atoms with Crippen LogP contribution < -0.4 is 47.3 Å². The number of nitrogens with one attached hydrogen (secondary N) is 8. The summed E-state index contributed by atoms with van der Waals surface area (Å²) in [6.45, 7) is -1.21. The summed E-state index contributed by atoms with van der Waals surface area (Å²) >= 11 is 0. The fourth-order valence-corrected chi connectivity index (χ4v) is 6.79. The standard InChI is InChI=1S/C48H76N8O18/c1-30(31(2)61)14-11-12-22-49-41(64)24-50-43(66)35(26-57)56-46(69)38(29-60)54-42(65)25-51-44(67)36(27-58)55-45(68)37(28-59)53-40(63)21-20-34(48(72)73)52-39(62)15-10-8-6-4-3-5-7-9-13-23-74-33-18-16-32(17-19-33)47(70)71/h16-19,30,34-38,57-60H,3-15,20-29H2,1-2H3,(H,49,64)(H,50,66)(H,51,67)(H,52,62)(H,53,63)(H,54,65)(H,55,68)(H,56,69)(H,70,71)(H,72,73)/t30-,34-,35-,36-,37-,38-/m0/s1. The van der Waals surface area contributed by atoms with Crippen LogP contribution in [0.2, 0.25) is 0 Å². The Hall–Kier alpha value is -6.77. The number of carbonyl (C=O) groups excluding carboxylic acids is 9. The van der Waals surface area contributed by atoms with E-state index < -0.39 is 135 Å². The van der Waals surface area contributed by atoms with Crippen LogP contribution in [-0.2, 0) is 47.9 Å². The highest BCUT2D eigenvalue weighted by Gasteiger charge is 2.29. The number of ether oxygens (including phenoxy) is 1. The summed E-state index contributed by atoms with van der Waals surface area (Å²) in [7, 11) is 0. The summed E-state index contributed by atoms with van der Waals surface area (Å²) in [5, 5.41) is 75.3. The second kappa shape index (κ2) is 37.9. The van der Waals surface area contributed by atoms with Crippen molar-refractivity contribution in [2.24, 2.45) is 5.92 Å². The highest BCUT2D eigenvalue weighted by molar-refractivity contribution is 5.96. The van der Waals surface area contributed by atoms with Crippen LogP contribution in [0.5, 0.6) is 5.75 Å². The predicted molar refractivity (Wildman–Crippen MR) is 263 cm³/mol. The second-order valence-corrected chi connectivity index (χ2v) is 17.5. The van der Waals surface area contributed by atoms with E-state index in [9.17, 15) is 78.3 Å². The number of carboxylic acid groups (broad SMARTS) is 2. The van der Waals surface area contributed by atoms with Gasteiger partial charge in [0.15, 0.2) is 0 Å². The lowest BCUT2D eigenvalue weighted by Crippen LogP contribution is -2.58. The molecule has 26 nitrogen and oxygen atoms in total. The molecular weight excluding hydrogens is 977 g/mol. The molecule has 1 aromatic rings. The van der Waals surface area contributed by atoms with Gasteiger partial charge in [-0.2, -0.15) is 0 Å². The first kappa shape index (κ1) is 65.2. The lowest BCUT2D eigenvalue weighted by molar-refractivity contribution is -0.142. The third-order valence-corrected chi connectivity index (χ3v) is 11.4. The molecule has 0 unspecified atom stereocenters. The third-order valence-electron chi connectivity index (χ3n) is 11.4. The Labute approximate surface area is 429 Å². The van der Waals surface area contributed by atoms with Crippen molar-refractivity contribution in [1.82, 2.24) is 42.5 Å². The molecule has 8 amide bonds. The fourth-order valence-electron chi connectivity index (χ4n) is 6.79. The molecule has 0 radical (unpaired) electrons. The molecule has 74 heavy (non-hydrogen) atoms. The Morgan fingerprint density at radius 3 is 1.41 bits per heavy atom. The molecule has 6 atom stereocenters. The summed E-state index contributed by atoms with van der Waals surface area (Å²) in [5.74, 6) is -9.24. The number of aliphatic hydroxyl groups is 4. The number of hydrogen-bond acceptors (Lipinski definition) is 16. The quantitative estimate of drug-likeness (QED) is 0.0306. The molecule has 0 heterocycles. The molecule has 0 aliphatic heterocycles. The number of rotatable bonds is 41. The first-order valence-corrected chi connectivity index (χ1v) is 24.7. The molecule has 1 aromatic carbocycles. The first-order valence-electron chi connectivity index (χ1n) is 24.7. The van der Waals surface area contributed by atoms with Gasteiger partial charge >= 0.3 is 11.9 Å². The zero-order valence-corrected chi connectivity index (χ0v) is 42.1.